The van der Waals surface area contributed by atoms with E-state index in [2.05, 4.69) is 9.97 Å². The lowest BCUT2D eigenvalue weighted by Crippen LogP contribution is -2.25. The summed E-state index contributed by atoms with van der Waals surface area (Å²) in [4.78, 5) is 45.7. The molecule has 0 saturated carbocycles. The van der Waals surface area contributed by atoms with Crippen LogP contribution in [0.3, 0.4) is 0 Å². The number of imide groups is 1. The Morgan fingerprint density at radius 2 is 2.00 bits per heavy atom. The van der Waals surface area contributed by atoms with E-state index in [1.54, 1.807) is 25.3 Å². The van der Waals surface area contributed by atoms with Gasteiger partial charge in [0.2, 0.25) is 0 Å². The van der Waals surface area contributed by atoms with Crippen molar-refractivity contribution in [2.75, 3.05) is 13.7 Å². The maximum absolute atomic E-state index is 12.5. The van der Waals surface area contributed by atoms with E-state index in [0.717, 1.165) is 10.3 Å². The number of aromatic amines is 1. The molecule has 1 aliphatic rings. The van der Waals surface area contributed by atoms with Gasteiger partial charge in [-0.15, -0.1) is 0 Å². The Bertz CT molecular complexity index is 1050. The Balaban J connectivity index is 2.16. The number of benzene rings is 1. The van der Waals surface area contributed by atoms with Crippen molar-refractivity contribution < 1.29 is 19.1 Å². The summed E-state index contributed by atoms with van der Waals surface area (Å²) in [6.07, 6.45) is 1.63. The highest BCUT2D eigenvalue weighted by Crippen LogP contribution is 2.35. The molecule has 24 heavy (non-hydrogen) atoms. The van der Waals surface area contributed by atoms with Crippen molar-refractivity contribution in [3.8, 4) is 0 Å². The Morgan fingerprint density at radius 3 is 2.75 bits per heavy atom. The molecule has 0 aliphatic carbocycles. The summed E-state index contributed by atoms with van der Waals surface area (Å²) in [6, 6.07) is 5.20. The second-order valence-corrected chi connectivity index (χ2v) is 5.51. The van der Waals surface area contributed by atoms with E-state index in [0.29, 0.717) is 16.6 Å². The molecule has 0 saturated heterocycles. The zero-order valence-corrected chi connectivity index (χ0v) is 13.0. The van der Waals surface area contributed by atoms with E-state index < -0.39 is 17.8 Å². The minimum absolute atomic E-state index is 0.0833. The van der Waals surface area contributed by atoms with Crippen molar-refractivity contribution in [3.05, 3.63) is 41.1 Å². The first-order chi connectivity index (χ1) is 11.5. The smallest absolute Gasteiger partial charge is 0.338 e. The van der Waals surface area contributed by atoms with Crippen molar-refractivity contribution in [2.24, 2.45) is 0 Å². The van der Waals surface area contributed by atoms with Crippen LogP contribution in [-0.2, 0) is 4.74 Å². The number of rotatable bonds is 2. The molecule has 2 aromatic heterocycles. The number of ether oxygens (including phenoxy) is 1. The molecule has 3 aromatic rings. The van der Waals surface area contributed by atoms with Crippen LogP contribution in [-0.4, -0.2) is 46.3 Å². The Kier molecular flexibility index (Phi) is 2.93. The number of nitrogens with zero attached hydrogens (tertiary/aromatic N) is 2. The van der Waals surface area contributed by atoms with Crippen molar-refractivity contribution >= 4 is 39.7 Å². The fourth-order valence-electron chi connectivity index (χ4n) is 3.10. The minimum atomic E-state index is -0.620. The quantitative estimate of drug-likeness (QED) is 0.576. The molecule has 4 rings (SSSR count). The maximum atomic E-state index is 12.5. The second kappa shape index (κ2) is 4.89. The van der Waals surface area contributed by atoms with Crippen LogP contribution in [0, 0.1) is 0 Å². The molecule has 2 amide bonds. The summed E-state index contributed by atoms with van der Waals surface area (Å²) in [7, 11) is 1.40. The third-order valence-electron chi connectivity index (χ3n) is 4.20. The molecule has 1 aromatic carbocycles. The highest BCUT2D eigenvalue weighted by molar-refractivity contribution is 6.30. The molecule has 0 unspecified atom stereocenters. The van der Waals surface area contributed by atoms with E-state index in [4.69, 9.17) is 4.74 Å². The van der Waals surface area contributed by atoms with Gasteiger partial charge < -0.3 is 9.72 Å². The fourth-order valence-corrected chi connectivity index (χ4v) is 3.10. The number of hydrogen-bond acceptors (Lipinski definition) is 5. The van der Waals surface area contributed by atoms with Gasteiger partial charge in [-0.1, -0.05) is 0 Å². The molecule has 0 spiro atoms. The lowest BCUT2D eigenvalue weighted by molar-refractivity contribution is 0.0520. The van der Waals surface area contributed by atoms with Gasteiger partial charge in [-0.2, -0.15) is 0 Å². The first-order valence-corrected chi connectivity index (χ1v) is 7.47. The Morgan fingerprint density at radius 1 is 1.25 bits per heavy atom. The summed E-state index contributed by atoms with van der Waals surface area (Å²) < 4.78 is 5.06. The number of carbonyl (C=O) groups is 3. The van der Waals surface area contributed by atoms with E-state index in [9.17, 15) is 14.4 Å². The van der Waals surface area contributed by atoms with Crippen LogP contribution in [0.2, 0.25) is 0 Å². The third-order valence-corrected chi connectivity index (χ3v) is 4.20. The van der Waals surface area contributed by atoms with Crippen LogP contribution in [0.15, 0.2) is 24.4 Å². The van der Waals surface area contributed by atoms with Gasteiger partial charge in [-0.05, 0) is 25.1 Å². The average molecular weight is 323 g/mol. The van der Waals surface area contributed by atoms with Crippen LogP contribution in [0.1, 0.15) is 38.0 Å². The number of carbonyl (C=O) groups excluding carboxylic acids is 3. The van der Waals surface area contributed by atoms with Crippen molar-refractivity contribution in [1.29, 1.82) is 0 Å². The number of H-pyrrole nitrogens is 1. The van der Waals surface area contributed by atoms with Gasteiger partial charge in [0.05, 0.1) is 28.8 Å². The maximum Gasteiger partial charge on any atom is 0.338 e. The van der Waals surface area contributed by atoms with Gasteiger partial charge >= 0.3 is 5.97 Å². The molecule has 3 heterocycles. The molecule has 0 atom stereocenters. The normalized spacial score (nSPS) is 13.8. The van der Waals surface area contributed by atoms with Crippen LogP contribution >= 0.6 is 0 Å². The monoisotopic (exact) mass is 323 g/mol. The van der Waals surface area contributed by atoms with E-state index in [1.165, 1.54) is 7.05 Å². The van der Waals surface area contributed by atoms with Crippen LogP contribution in [0.25, 0.3) is 21.9 Å². The van der Waals surface area contributed by atoms with E-state index in [1.807, 2.05) is 6.07 Å². The van der Waals surface area contributed by atoms with Gasteiger partial charge in [-0.25, -0.2) is 9.78 Å². The number of aromatic nitrogens is 2. The van der Waals surface area contributed by atoms with Crippen LogP contribution < -0.4 is 0 Å². The molecule has 0 fully saturated rings. The molecule has 120 valence electrons. The fraction of sp³-hybridized carbons (Fsp3) is 0.176. The van der Waals surface area contributed by atoms with E-state index in [-0.39, 0.29) is 23.3 Å². The molecule has 7 heteroatoms. The zero-order valence-electron chi connectivity index (χ0n) is 13.0. The molecular formula is C17H13N3O4. The van der Waals surface area contributed by atoms with Crippen molar-refractivity contribution in [2.45, 2.75) is 6.92 Å². The lowest BCUT2D eigenvalue weighted by Gasteiger charge is -2.07. The van der Waals surface area contributed by atoms with Crippen LogP contribution in [0.4, 0.5) is 0 Å². The number of pyridine rings is 1. The molecule has 0 bridgehead atoms. The average Bonchev–Trinajstić information content (AvgIpc) is 3.06. The van der Waals surface area contributed by atoms with Gasteiger partial charge in [0.15, 0.2) is 0 Å². The minimum Gasteiger partial charge on any atom is -0.462 e. The highest BCUT2D eigenvalue weighted by atomic mass is 16.5. The molecule has 1 aliphatic heterocycles. The number of hydrogen-bond donors (Lipinski definition) is 1. The Hall–Kier alpha value is -3.22. The predicted molar refractivity (Wildman–Crippen MR) is 86.0 cm³/mol. The summed E-state index contributed by atoms with van der Waals surface area (Å²) in [5.74, 6) is -1.57. The molecule has 0 radical (unpaired) electrons. The van der Waals surface area contributed by atoms with Crippen molar-refractivity contribution in [3.63, 3.8) is 0 Å². The first-order valence-electron chi connectivity index (χ1n) is 7.47. The number of amides is 2. The highest BCUT2D eigenvalue weighted by Gasteiger charge is 2.39. The number of esters is 1. The van der Waals surface area contributed by atoms with Crippen LogP contribution in [0.5, 0.6) is 0 Å². The molecule has 1 N–H and O–H groups in total. The molecule has 7 nitrogen and oxygen atoms in total. The van der Waals surface area contributed by atoms with Gasteiger partial charge in [0.25, 0.3) is 11.8 Å². The summed E-state index contributed by atoms with van der Waals surface area (Å²) in [6.45, 7) is 1.87. The molecular weight excluding hydrogens is 310 g/mol. The second-order valence-electron chi connectivity index (χ2n) is 5.51. The summed E-state index contributed by atoms with van der Waals surface area (Å²) in [5.41, 5.74) is 1.48. The zero-order chi connectivity index (χ0) is 17.0. The van der Waals surface area contributed by atoms with Gasteiger partial charge in [-0.3, -0.25) is 14.5 Å². The van der Waals surface area contributed by atoms with E-state index >= 15 is 0 Å². The number of fused-ring (bicyclic) bond motifs is 5. The van der Waals surface area contributed by atoms with Crippen molar-refractivity contribution in [1.82, 2.24) is 14.9 Å². The first kappa shape index (κ1) is 14.4. The Labute approximate surface area is 136 Å². The predicted octanol–water partition coefficient (Wildman–Crippen LogP) is 2.12. The lowest BCUT2D eigenvalue weighted by atomic mass is 9.98. The SMILES string of the molecule is CCOC(=O)c1cc2c([nH]c3ncccc32)c2c1C(=O)N(C)C2=O. The largest absolute Gasteiger partial charge is 0.462 e. The summed E-state index contributed by atoms with van der Waals surface area (Å²) >= 11 is 0. The number of nitrogens with one attached hydrogen (secondary N) is 1. The topological polar surface area (TPSA) is 92.4 Å². The third kappa shape index (κ3) is 1.72. The summed E-state index contributed by atoms with van der Waals surface area (Å²) in [5, 5.41) is 1.44. The van der Waals surface area contributed by atoms with Gasteiger partial charge in [0, 0.05) is 24.0 Å². The standard InChI is InChI=1S/C17H13N3O4/c1-3-24-17(23)10-7-9-8-5-4-6-18-14(8)19-13(9)12-11(10)15(21)20(2)16(12)22/h4-7H,3H2,1-2H3,(H,18,19). The van der Waals surface area contributed by atoms with Gasteiger partial charge in [0.1, 0.15) is 5.65 Å².